The maximum Gasteiger partial charge on any atom is 0.472 e. The largest absolute Gasteiger partial charge is 0.472 e. The van der Waals surface area contributed by atoms with Crippen molar-refractivity contribution in [3.63, 3.8) is 0 Å². The third-order valence-electron chi connectivity index (χ3n) is 23.6. The molecule has 0 fully saturated rings. The molecule has 4 unspecified atom stereocenters. The van der Waals surface area contributed by atoms with Crippen LogP contribution in [-0.4, -0.2) is 96.7 Å². The van der Waals surface area contributed by atoms with Crippen LogP contribution in [0.2, 0.25) is 0 Å². The SMILES string of the molecule is CCCCCCCCCCCCCCCCCCCCCCCC(=O)O[C@H](COC(=O)CCCCCCCCCCC(C)C)COP(=O)(O)OC[C@H](O)COP(=O)(O)OC[C@@H](COC(=O)CCCCCCCCCCCCCCCCCCCCC(C)CC)OC(=O)CCCCCCCCCCCCCCCCCCCCC(C)CC. The molecule has 0 aromatic carbocycles. The zero-order valence-corrected chi connectivity index (χ0v) is 78.8. The van der Waals surface area contributed by atoms with Gasteiger partial charge >= 0.3 is 39.5 Å². The van der Waals surface area contributed by atoms with E-state index in [9.17, 15) is 43.2 Å². The van der Waals surface area contributed by atoms with Crippen LogP contribution in [0, 0.1) is 17.8 Å². The zero-order chi connectivity index (χ0) is 85.0. The summed E-state index contributed by atoms with van der Waals surface area (Å²) in [7, 11) is -9.94. The lowest BCUT2D eigenvalue weighted by Crippen LogP contribution is -2.30. The molecule has 0 aromatic heterocycles. The number of phosphoric ester groups is 2. The highest BCUT2D eigenvalue weighted by Gasteiger charge is 2.31. The van der Waals surface area contributed by atoms with Gasteiger partial charge in [0.15, 0.2) is 12.2 Å². The molecule has 0 bridgehead atoms. The Balaban J connectivity index is 5.22. The van der Waals surface area contributed by atoms with E-state index in [-0.39, 0.29) is 25.7 Å². The highest BCUT2D eigenvalue weighted by Crippen LogP contribution is 2.45. The highest BCUT2D eigenvalue weighted by atomic mass is 31.2. The van der Waals surface area contributed by atoms with E-state index in [1.165, 1.54) is 334 Å². The molecule has 0 aromatic rings. The Kier molecular flexibility index (Phi) is 85.1. The first kappa shape index (κ1) is 114. The summed E-state index contributed by atoms with van der Waals surface area (Å²) >= 11 is 0. The number of rotatable bonds is 95. The van der Waals surface area contributed by atoms with Gasteiger partial charge in [-0.05, 0) is 43.4 Å². The molecule has 116 heavy (non-hydrogen) atoms. The second-order valence-corrected chi connectivity index (χ2v) is 38.7. The van der Waals surface area contributed by atoms with Crippen LogP contribution < -0.4 is 0 Å². The summed E-state index contributed by atoms with van der Waals surface area (Å²) in [6.07, 6.45) is 82.2. The number of ether oxygens (including phenoxy) is 4. The van der Waals surface area contributed by atoms with Crippen LogP contribution in [0.25, 0.3) is 0 Å². The number of unbranched alkanes of at least 4 members (excludes halogenated alkanes) is 61. The van der Waals surface area contributed by atoms with Crippen molar-refractivity contribution >= 4 is 39.5 Å². The fourth-order valence-corrected chi connectivity index (χ4v) is 16.8. The summed E-state index contributed by atoms with van der Waals surface area (Å²) in [6, 6.07) is 0. The number of esters is 4. The number of hydrogen-bond acceptors (Lipinski definition) is 15. The zero-order valence-electron chi connectivity index (χ0n) is 77.0. The average Bonchev–Trinajstić information content (AvgIpc) is 0.896. The van der Waals surface area contributed by atoms with Gasteiger partial charge in [0.1, 0.15) is 19.3 Å². The number of hydrogen-bond donors (Lipinski definition) is 3. The lowest BCUT2D eigenvalue weighted by Gasteiger charge is -2.21. The fraction of sp³-hybridized carbons (Fsp3) is 0.959. The van der Waals surface area contributed by atoms with Gasteiger partial charge in [0.05, 0.1) is 26.4 Å². The van der Waals surface area contributed by atoms with Crippen LogP contribution in [0.1, 0.15) is 524 Å². The molecule has 0 aliphatic heterocycles. The summed E-state index contributed by atoms with van der Waals surface area (Å²) in [5, 5.41) is 10.7. The Morgan fingerprint density at radius 1 is 0.250 bits per heavy atom. The molecule has 3 N–H and O–H groups in total. The summed E-state index contributed by atoms with van der Waals surface area (Å²) in [4.78, 5) is 73.6. The van der Waals surface area contributed by atoms with Gasteiger partial charge in [0, 0.05) is 25.7 Å². The fourth-order valence-electron chi connectivity index (χ4n) is 15.2. The van der Waals surface area contributed by atoms with E-state index < -0.39 is 97.5 Å². The summed E-state index contributed by atoms with van der Waals surface area (Å²) in [5.41, 5.74) is 0. The van der Waals surface area contributed by atoms with E-state index in [4.69, 9.17) is 37.0 Å². The molecule has 0 saturated carbocycles. The number of phosphoric acid groups is 2. The second-order valence-electron chi connectivity index (χ2n) is 35.8. The van der Waals surface area contributed by atoms with Crippen molar-refractivity contribution in [2.75, 3.05) is 39.6 Å². The van der Waals surface area contributed by atoms with Gasteiger partial charge in [-0.25, -0.2) is 9.13 Å². The van der Waals surface area contributed by atoms with E-state index in [0.717, 1.165) is 108 Å². The van der Waals surface area contributed by atoms with Gasteiger partial charge in [0.25, 0.3) is 0 Å². The lowest BCUT2D eigenvalue weighted by molar-refractivity contribution is -0.161. The van der Waals surface area contributed by atoms with Crippen molar-refractivity contribution < 1.29 is 80.2 Å². The first-order valence-electron chi connectivity index (χ1n) is 49.9. The minimum Gasteiger partial charge on any atom is -0.462 e. The van der Waals surface area contributed by atoms with Gasteiger partial charge < -0.3 is 33.8 Å². The summed E-state index contributed by atoms with van der Waals surface area (Å²) in [6.45, 7) is 12.1. The molecule has 0 spiro atoms. The Morgan fingerprint density at radius 2 is 0.440 bits per heavy atom. The third-order valence-corrected chi connectivity index (χ3v) is 25.5. The molecule has 7 atom stereocenters. The number of carbonyl (C=O) groups is 4. The van der Waals surface area contributed by atoms with Crippen molar-refractivity contribution in [3.05, 3.63) is 0 Å². The van der Waals surface area contributed by atoms with E-state index in [1.807, 2.05) is 0 Å². The van der Waals surface area contributed by atoms with Crippen molar-refractivity contribution in [2.45, 2.75) is 542 Å². The van der Waals surface area contributed by atoms with Crippen LogP contribution in [-0.2, 0) is 65.4 Å². The first-order valence-corrected chi connectivity index (χ1v) is 52.9. The summed E-state index contributed by atoms with van der Waals surface area (Å²) < 4.78 is 69.2. The van der Waals surface area contributed by atoms with Crippen molar-refractivity contribution in [1.82, 2.24) is 0 Å². The molecular formula is C97H190O17P2. The van der Waals surface area contributed by atoms with Crippen molar-refractivity contribution in [2.24, 2.45) is 17.8 Å². The molecule has 0 rings (SSSR count). The minimum atomic E-state index is -4.97. The van der Waals surface area contributed by atoms with Gasteiger partial charge in [-0.15, -0.1) is 0 Å². The number of carbonyl (C=O) groups excluding carboxylic acids is 4. The van der Waals surface area contributed by atoms with Crippen LogP contribution in [0.3, 0.4) is 0 Å². The summed E-state index contributed by atoms with van der Waals surface area (Å²) in [5.74, 6) is 0.378. The molecule has 0 heterocycles. The van der Waals surface area contributed by atoms with Crippen LogP contribution >= 0.6 is 15.6 Å². The van der Waals surface area contributed by atoms with Gasteiger partial charge in [-0.2, -0.15) is 0 Å². The first-order chi connectivity index (χ1) is 56.3. The molecule has 17 nitrogen and oxygen atoms in total. The second kappa shape index (κ2) is 86.6. The standard InChI is InChI=1S/C97H190O17P2/c1-8-11-12-13-14-15-16-17-18-19-20-21-22-30-35-40-45-50-59-66-74-81-97(102)114-93(85-108-95(100)79-72-65-58-53-52-54-61-68-75-88(4)5)87-112-116(105,106)110-83-91(98)82-109-115(103,104)111-86-92(113-96(101)80-73-67-60-51-46-41-36-31-26-24-28-33-38-43-48-56-63-70-77-90(7)10-3)84-107-94(99)78-71-64-57-49-44-39-34-29-25-23-27-32-37-42-47-55-62-69-76-89(6)9-2/h88-93,98H,8-87H2,1-7H3,(H,103,104)(H,105,106)/t89?,90?,91-,92-,93-/m1/s1. The monoisotopic (exact) mass is 1690 g/mol. The smallest absolute Gasteiger partial charge is 0.462 e. The molecule has 0 aliphatic rings. The molecule has 19 heteroatoms. The van der Waals surface area contributed by atoms with Crippen LogP contribution in [0.15, 0.2) is 0 Å². The van der Waals surface area contributed by atoms with Crippen LogP contribution in [0.4, 0.5) is 0 Å². The maximum absolute atomic E-state index is 13.2. The third kappa shape index (κ3) is 87.0. The molecule has 0 radical (unpaired) electrons. The molecule has 690 valence electrons. The topological polar surface area (TPSA) is 237 Å². The van der Waals surface area contributed by atoms with E-state index in [2.05, 4.69) is 48.5 Å². The quantitative estimate of drug-likeness (QED) is 0.0222. The van der Waals surface area contributed by atoms with Gasteiger partial charge in [-0.1, -0.05) is 472 Å². The molecular weight excluding hydrogens is 1500 g/mol. The van der Waals surface area contributed by atoms with Crippen molar-refractivity contribution in [3.8, 4) is 0 Å². The maximum atomic E-state index is 13.2. The normalized spacial score (nSPS) is 14.2. The molecule has 0 saturated heterocycles. The minimum absolute atomic E-state index is 0.109. The molecule has 0 aliphatic carbocycles. The van der Waals surface area contributed by atoms with Crippen molar-refractivity contribution in [1.29, 1.82) is 0 Å². The number of aliphatic hydroxyl groups excluding tert-OH is 1. The van der Waals surface area contributed by atoms with Gasteiger partial charge in [-0.3, -0.25) is 37.3 Å². The Bertz CT molecular complexity index is 2220. The van der Waals surface area contributed by atoms with Crippen LogP contribution in [0.5, 0.6) is 0 Å². The highest BCUT2D eigenvalue weighted by molar-refractivity contribution is 7.47. The Morgan fingerprint density at radius 3 is 0.655 bits per heavy atom. The Labute approximate surface area is 715 Å². The van der Waals surface area contributed by atoms with Gasteiger partial charge in [0.2, 0.25) is 0 Å². The predicted molar refractivity (Wildman–Crippen MR) is 483 cm³/mol. The van der Waals surface area contributed by atoms with E-state index >= 15 is 0 Å². The predicted octanol–water partition coefficient (Wildman–Crippen LogP) is 30.4. The average molecular weight is 1690 g/mol. The van der Waals surface area contributed by atoms with E-state index in [1.54, 1.807) is 0 Å². The van der Waals surface area contributed by atoms with E-state index in [0.29, 0.717) is 25.7 Å². The number of aliphatic hydroxyl groups is 1. The lowest BCUT2D eigenvalue weighted by atomic mass is 9.99. The molecule has 0 amide bonds. The Hall–Kier alpha value is -1.94.